The first-order valence-electron chi connectivity index (χ1n) is 2.84. The monoisotopic (exact) mass is 136 g/mol. The van der Waals surface area contributed by atoms with Crippen LogP contribution in [0.3, 0.4) is 0 Å². The lowest BCUT2D eigenvalue weighted by atomic mass is 10.2. The summed E-state index contributed by atoms with van der Waals surface area (Å²) >= 11 is 0. The van der Waals surface area contributed by atoms with Crippen LogP contribution in [-0.2, 0) is 0 Å². The molecule has 4 nitrogen and oxygen atoms in total. The van der Waals surface area contributed by atoms with Crippen molar-refractivity contribution in [3.8, 4) is 0 Å². The van der Waals surface area contributed by atoms with E-state index in [1.54, 1.807) is 13.0 Å². The second kappa shape index (κ2) is 2.43. The third-order valence-electron chi connectivity index (χ3n) is 1.11. The van der Waals surface area contributed by atoms with E-state index >= 15 is 0 Å². The number of nitrogens with two attached hydrogens (primary N) is 1. The van der Waals surface area contributed by atoms with Gasteiger partial charge in [0.05, 0.1) is 17.6 Å². The van der Waals surface area contributed by atoms with E-state index in [0.29, 0.717) is 17.1 Å². The molecule has 4 heteroatoms. The molecule has 0 saturated heterocycles. The van der Waals surface area contributed by atoms with E-state index in [-0.39, 0.29) is 0 Å². The highest BCUT2D eigenvalue weighted by molar-refractivity contribution is 5.98. The van der Waals surface area contributed by atoms with Crippen LogP contribution in [0.2, 0.25) is 0 Å². The molecule has 0 radical (unpaired) electrons. The smallest absolute Gasteiger partial charge is 0.129 e. The van der Waals surface area contributed by atoms with Crippen molar-refractivity contribution in [1.29, 1.82) is 5.41 Å². The van der Waals surface area contributed by atoms with Gasteiger partial charge in [-0.25, -0.2) is 0 Å². The van der Waals surface area contributed by atoms with Crippen LogP contribution in [0.5, 0.6) is 0 Å². The first-order valence-corrected chi connectivity index (χ1v) is 2.84. The Hall–Kier alpha value is -1.45. The normalized spacial score (nSPS) is 9.30. The van der Waals surface area contributed by atoms with Crippen LogP contribution in [0.15, 0.2) is 12.3 Å². The minimum absolute atomic E-state index is 0.339. The summed E-state index contributed by atoms with van der Waals surface area (Å²) in [4.78, 5) is 0. The Morgan fingerprint density at radius 3 is 2.80 bits per heavy atom. The van der Waals surface area contributed by atoms with E-state index < -0.39 is 0 Å². The zero-order valence-corrected chi connectivity index (χ0v) is 5.63. The standard InChI is InChI=1S/C6H8N4/c1-4(7)6-5(8)2-3-9-10-6/h2-3,7H,1H3,(H2,8,9). The van der Waals surface area contributed by atoms with Gasteiger partial charge < -0.3 is 11.1 Å². The quantitative estimate of drug-likeness (QED) is 0.550. The molecular weight excluding hydrogens is 128 g/mol. The molecule has 0 bridgehead atoms. The average Bonchev–Trinajstić information content (AvgIpc) is 1.88. The maximum atomic E-state index is 7.19. The number of hydrogen-bond donors (Lipinski definition) is 2. The molecule has 0 atom stereocenters. The summed E-state index contributed by atoms with van der Waals surface area (Å²) in [6.07, 6.45) is 1.50. The van der Waals surface area contributed by atoms with E-state index in [4.69, 9.17) is 11.1 Å². The fourth-order valence-electron chi connectivity index (χ4n) is 0.633. The Kier molecular flexibility index (Phi) is 1.62. The largest absolute Gasteiger partial charge is 0.397 e. The second-order valence-corrected chi connectivity index (χ2v) is 1.96. The molecule has 0 saturated carbocycles. The molecule has 3 N–H and O–H groups in total. The summed E-state index contributed by atoms with van der Waals surface area (Å²) in [7, 11) is 0. The second-order valence-electron chi connectivity index (χ2n) is 1.96. The molecule has 1 heterocycles. The predicted molar refractivity (Wildman–Crippen MR) is 38.9 cm³/mol. The molecule has 0 aliphatic heterocycles. The van der Waals surface area contributed by atoms with Gasteiger partial charge >= 0.3 is 0 Å². The topological polar surface area (TPSA) is 75.7 Å². The highest BCUT2D eigenvalue weighted by Gasteiger charge is 2.00. The summed E-state index contributed by atoms with van der Waals surface area (Å²) in [6.45, 7) is 1.63. The van der Waals surface area contributed by atoms with Crippen LogP contribution >= 0.6 is 0 Å². The number of nitrogen functional groups attached to an aromatic ring is 1. The van der Waals surface area contributed by atoms with Gasteiger partial charge in [0.1, 0.15) is 5.69 Å². The van der Waals surface area contributed by atoms with Gasteiger partial charge in [-0.2, -0.15) is 5.10 Å². The van der Waals surface area contributed by atoms with Crippen molar-refractivity contribution >= 4 is 11.4 Å². The molecule has 52 valence electrons. The minimum atomic E-state index is 0.339. The number of anilines is 1. The number of aromatic nitrogens is 2. The zero-order valence-electron chi connectivity index (χ0n) is 5.63. The molecule has 1 aromatic heterocycles. The van der Waals surface area contributed by atoms with Gasteiger partial charge in [-0.3, -0.25) is 0 Å². The lowest BCUT2D eigenvalue weighted by molar-refractivity contribution is 1.02. The van der Waals surface area contributed by atoms with Gasteiger partial charge in [-0.1, -0.05) is 0 Å². The summed E-state index contributed by atoms with van der Waals surface area (Å²) < 4.78 is 0. The fourth-order valence-corrected chi connectivity index (χ4v) is 0.633. The molecule has 0 aromatic carbocycles. The zero-order chi connectivity index (χ0) is 7.56. The predicted octanol–water partition coefficient (Wildman–Crippen LogP) is 0.447. The van der Waals surface area contributed by atoms with Gasteiger partial charge in [0.25, 0.3) is 0 Å². The van der Waals surface area contributed by atoms with E-state index in [0.717, 1.165) is 0 Å². The molecule has 0 spiro atoms. The van der Waals surface area contributed by atoms with E-state index in [1.165, 1.54) is 6.20 Å². The van der Waals surface area contributed by atoms with Crippen LogP contribution in [0, 0.1) is 5.41 Å². The van der Waals surface area contributed by atoms with Crippen LogP contribution < -0.4 is 5.73 Å². The number of nitrogens with one attached hydrogen (secondary N) is 1. The van der Waals surface area contributed by atoms with Crippen LogP contribution in [-0.4, -0.2) is 15.9 Å². The van der Waals surface area contributed by atoms with Crippen LogP contribution in [0.25, 0.3) is 0 Å². The average molecular weight is 136 g/mol. The minimum Gasteiger partial charge on any atom is -0.397 e. The molecule has 0 unspecified atom stereocenters. The van der Waals surface area contributed by atoms with Crippen molar-refractivity contribution in [3.05, 3.63) is 18.0 Å². The maximum absolute atomic E-state index is 7.19. The van der Waals surface area contributed by atoms with Crippen molar-refractivity contribution in [2.45, 2.75) is 6.92 Å². The van der Waals surface area contributed by atoms with Crippen molar-refractivity contribution in [3.63, 3.8) is 0 Å². The van der Waals surface area contributed by atoms with Crippen molar-refractivity contribution in [1.82, 2.24) is 10.2 Å². The molecule has 0 aliphatic carbocycles. The van der Waals surface area contributed by atoms with E-state index in [2.05, 4.69) is 10.2 Å². The van der Waals surface area contributed by atoms with E-state index in [1.807, 2.05) is 0 Å². The van der Waals surface area contributed by atoms with Gasteiger partial charge in [0.2, 0.25) is 0 Å². The van der Waals surface area contributed by atoms with Crippen molar-refractivity contribution in [2.75, 3.05) is 5.73 Å². The van der Waals surface area contributed by atoms with Crippen molar-refractivity contribution in [2.24, 2.45) is 0 Å². The fraction of sp³-hybridized carbons (Fsp3) is 0.167. The summed E-state index contributed by atoms with van der Waals surface area (Å²) in [6, 6.07) is 1.63. The Morgan fingerprint density at radius 2 is 2.40 bits per heavy atom. The summed E-state index contributed by atoms with van der Waals surface area (Å²) in [5, 5.41) is 14.5. The third-order valence-corrected chi connectivity index (χ3v) is 1.11. The Balaban J connectivity index is 3.15. The molecule has 1 rings (SSSR count). The van der Waals surface area contributed by atoms with Gasteiger partial charge in [-0.05, 0) is 13.0 Å². The van der Waals surface area contributed by atoms with Gasteiger partial charge in [0.15, 0.2) is 0 Å². The summed E-state index contributed by atoms with van der Waals surface area (Å²) in [5.41, 5.74) is 6.78. The highest BCUT2D eigenvalue weighted by Crippen LogP contribution is 2.04. The van der Waals surface area contributed by atoms with Crippen LogP contribution in [0.4, 0.5) is 5.69 Å². The molecule has 0 fully saturated rings. The lowest BCUT2D eigenvalue weighted by Crippen LogP contribution is -2.03. The first kappa shape index (κ1) is 6.67. The number of hydrogen-bond acceptors (Lipinski definition) is 4. The maximum Gasteiger partial charge on any atom is 0.129 e. The third kappa shape index (κ3) is 1.10. The molecule has 0 amide bonds. The van der Waals surface area contributed by atoms with Gasteiger partial charge in [-0.15, -0.1) is 5.10 Å². The highest BCUT2D eigenvalue weighted by atomic mass is 15.1. The van der Waals surface area contributed by atoms with Crippen LogP contribution in [0.1, 0.15) is 12.6 Å². The number of rotatable bonds is 1. The SMILES string of the molecule is CC(=N)c1nnccc1N. The molecule has 10 heavy (non-hydrogen) atoms. The Morgan fingerprint density at radius 1 is 1.70 bits per heavy atom. The molecule has 0 aliphatic rings. The Bertz CT molecular complexity index is 256. The summed E-state index contributed by atoms with van der Waals surface area (Å²) in [5.74, 6) is 0. The van der Waals surface area contributed by atoms with E-state index in [9.17, 15) is 0 Å². The lowest BCUT2D eigenvalue weighted by Gasteiger charge is -1.97. The molecule has 1 aromatic rings. The van der Waals surface area contributed by atoms with Crippen molar-refractivity contribution < 1.29 is 0 Å². The Labute approximate surface area is 58.6 Å². The molecular formula is C6H8N4. The van der Waals surface area contributed by atoms with Gasteiger partial charge in [0, 0.05) is 0 Å². The number of nitrogens with zero attached hydrogens (tertiary/aromatic N) is 2. The first-order chi connectivity index (χ1) is 4.72.